The average molecular weight is 128 g/mol. The molecular weight excluding hydrogens is 116 g/mol. The van der Waals surface area contributed by atoms with Crippen molar-refractivity contribution in [3.8, 4) is 0 Å². The molecular formula is C7H12O2. The van der Waals surface area contributed by atoms with Crippen molar-refractivity contribution in [2.75, 3.05) is 0 Å². The molecule has 0 aromatic heterocycles. The fourth-order valence-electron chi connectivity index (χ4n) is 1.43. The van der Waals surface area contributed by atoms with Gasteiger partial charge in [0.05, 0.1) is 5.92 Å². The fraction of sp³-hybridized carbons (Fsp3) is 0.857. The lowest BCUT2D eigenvalue weighted by Crippen LogP contribution is -2.08. The van der Waals surface area contributed by atoms with Gasteiger partial charge in [-0.15, -0.1) is 0 Å². The molecule has 0 unspecified atom stereocenters. The zero-order valence-corrected chi connectivity index (χ0v) is 5.63. The molecule has 1 aliphatic rings. The molecule has 0 aromatic rings. The van der Waals surface area contributed by atoms with E-state index in [4.69, 9.17) is 5.11 Å². The molecule has 0 spiro atoms. The number of rotatable bonds is 1. The Balaban J connectivity index is 2.39. The minimum atomic E-state index is -0.612. The second-order valence-corrected chi connectivity index (χ2v) is 2.95. The third-order valence-corrected chi connectivity index (χ3v) is 2.04. The minimum absolute atomic E-state index is 0.0417. The molecule has 1 N–H and O–H groups in total. The van der Waals surface area contributed by atoms with Crippen LogP contribution < -0.4 is 0 Å². The van der Waals surface area contributed by atoms with Crippen molar-refractivity contribution in [1.82, 2.24) is 0 Å². The summed E-state index contributed by atoms with van der Waals surface area (Å²) in [4.78, 5) is 10.3. The van der Waals surface area contributed by atoms with Crippen LogP contribution in [-0.4, -0.2) is 11.1 Å². The zero-order chi connectivity index (χ0) is 6.85. The van der Waals surface area contributed by atoms with Crippen LogP contribution in [-0.2, 0) is 4.79 Å². The normalized spacial score (nSPS) is 34.8. The van der Waals surface area contributed by atoms with Gasteiger partial charge >= 0.3 is 5.97 Å². The molecule has 9 heavy (non-hydrogen) atoms. The topological polar surface area (TPSA) is 37.3 Å². The Bertz CT molecular complexity index is 120. The van der Waals surface area contributed by atoms with Gasteiger partial charge in [0.1, 0.15) is 0 Å². The lowest BCUT2D eigenvalue weighted by atomic mass is 10.1. The predicted molar refractivity (Wildman–Crippen MR) is 34.1 cm³/mol. The molecule has 1 saturated carbocycles. The van der Waals surface area contributed by atoms with E-state index >= 15 is 0 Å². The largest absolute Gasteiger partial charge is 0.481 e. The van der Waals surface area contributed by atoms with Crippen LogP contribution in [0.1, 0.15) is 26.2 Å². The first-order valence-corrected chi connectivity index (χ1v) is 3.43. The van der Waals surface area contributed by atoms with Crippen LogP contribution >= 0.6 is 0 Å². The molecule has 1 rings (SSSR count). The standard InChI is InChI=1S/C7H12O2/c1-5-2-3-6(4-5)7(8)9/h5-6H,2-4H2,1H3,(H,8,9)/t5-,6-/m1/s1. The summed E-state index contributed by atoms with van der Waals surface area (Å²) in [5, 5.41) is 8.53. The van der Waals surface area contributed by atoms with Crippen molar-refractivity contribution in [3.63, 3.8) is 0 Å². The SMILES string of the molecule is C[C@@H]1CC[C@@H](C(=O)O)C1. The minimum Gasteiger partial charge on any atom is -0.481 e. The molecule has 1 fully saturated rings. The summed E-state index contributed by atoms with van der Waals surface area (Å²) >= 11 is 0. The average Bonchev–Trinajstić information content (AvgIpc) is 2.14. The van der Waals surface area contributed by atoms with E-state index in [9.17, 15) is 4.79 Å². The highest BCUT2D eigenvalue weighted by Gasteiger charge is 2.26. The van der Waals surface area contributed by atoms with E-state index in [2.05, 4.69) is 6.92 Å². The van der Waals surface area contributed by atoms with Crippen LogP contribution in [0.5, 0.6) is 0 Å². The molecule has 0 amide bonds. The Morgan fingerprint density at radius 3 is 2.44 bits per heavy atom. The number of carboxylic acid groups (broad SMARTS) is 1. The molecule has 0 heterocycles. The molecule has 0 bridgehead atoms. The Labute approximate surface area is 54.9 Å². The lowest BCUT2D eigenvalue weighted by Gasteiger charge is -1.99. The van der Waals surface area contributed by atoms with Gasteiger partial charge in [0.15, 0.2) is 0 Å². The third-order valence-electron chi connectivity index (χ3n) is 2.04. The van der Waals surface area contributed by atoms with Gasteiger partial charge in [-0.3, -0.25) is 4.79 Å². The predicted octanol–water partition coefficient (Wildman–Crippen LogP) is 1.51. The number of hydrogen-bond donors (Lipinski definition) is 1. The van der Waals surface area contributed by atoms with Crippen molar-refractivity contribution in [2.45, 2.75) is 26.2 Å². The maximum atomic E-state index is 10.3. The zero-order valence-electron chi connectivity index (χ0n) is 5.63. The molecule has 0 radical (unpaired) electrons. The first-order valence-electron chi connectivity index (χ1n) is 3.43. The van der Waals surface area contributed by atoms with Gasteiger partial charge < -0.3 is 5.11 Å². The summed E-state index contributed by atoms with van der Waals surface area (Å²) in [5.74, 6) is -0.0227. The summed E-state index contributed by atoms with van der Waals surface area (Å²) in [6, 6.07) is 0. The Kier molecular flexibility index (Phi) is 1.74. The van der Waals surface area contributed by atoms with Gasteiger partial charge in [-0.2, -0.15) is 0 Å². The molecule has 1 aliphatic carbocycles. The summed E-state index contributed by atoms with van der Waals surface area (Å²) in [6.45, 7) is 2.11. The van der Waals surface area contributed by atoms with Crippen molar-refractivity contribution in [3.05, 3.63) is 0 Å². The number of carbonyl (C=O) groups is 1. The van der Waals surface area contributed by atoms with Gasteiger partial charge in [-0.1, -0.05) is 6.92 Å². The van der Waals surface area contributed by atoms with E-state index in [0.717, 1.165) is 19.3 Å². The first-order chi connectivity index (χ1) is 4.20. The second kappa shape index (κ2) is 2.38. The van der Waals surface area contributed by atoms with E-state index in [0.29, 0.717) is 5.92 Å². The number of aliphatic carboxylic acids is 1. The van der Waals surface area contributed by atoms with Crippen LogP contribution in [0.2, 0.25) is 0 Å². The van der Waals surface area contributed by atoms with Crippen LogP contribution in [0.3, 0.4) is 0 Å². The Hall–Kier alpha value is -0.530. The van der Waals surface area contributed by atoms with Crippen molar-refractivity contribution < 1.29 is 9.90 Å². The van der Waals surface area contributed by atoms with E-state index in [1.165, 1.54) is 0 Å². The van der Waals surface area contributed by atoms with Crippen LogP contribution in [0.15, 0.2) is 0 Å². The monoisotopic (exact) mass is 128 g/mol. The molecule has 0 aromatic carbocycles. The quantitative estimate of drug-likeness (QED) is 0.581. The van der Waals surface area contributed by atoms with Crippen LogP contribution in [0.25, 0.3) is 0 Å². The summed E-state index contributed by atoms with van der Waals surface area (Å²) in [5.41, 5.74) is 0. The van der Waals surface area contributed by atoms with Gasteiger partial charge in [0, 0.05) is 0 Å². The highest BCUT2D eigenvalue weighted by Crippen LogP contribution is 2.29. The summed E-state index contributed by atoms with van der Waals surface area (Å²) in [7, 11) is 0. The van der Waals surface area contributed by atoms with E-state index < -0.39 is 5.97 Å². The highest BCUT2D eigenvalue weighted by molar-refractivity contribution is 5.70. The maximum absolute atomic E-state index is 10.3. The van der Waals surface area contributed by atoms with Gasteiger partial charge in [-0.25, -0.2) is 0 Å². The maximum Gasteiger partial charge on any atom is 0.306 e. The van der Waals surface area contributed by atoms with Gasteiger partial charge in [0.2, 0.25) is 0 Å². The molecule has 0 aliphatic heterocycles. The van der Waals surface area contributed by atoms with Crippen molar-refractivity contribution in [2.24, 2.45) is 11.8 Å². The fourth-order valence-corrected chi connectivity index (χ4v) is 1.43. The van der Waals surface area contributed by atoms with E-state index in [1.807, 2.05) is 0 Å². The Morgan fingerprint density at radius 1 is 1.56 bits per heavy atom. The number of hydrogen-bond acceptors (Lipinski definition) is 1. The molecule has 52 valence electrons. The van der Waals surface area contributed by atoms with Crippen LogP contribution in [0.4, 0.5) is 0 Å². The summed E-state index contributed by atoms with van der Waals surface area (Å²) in [6.07, 6.45) is 2.86. The smallest absolute Gasteiger partial charge is 0.306 e. The first kappa shape index (κ1) is 6.59. The van der Waals surface area contributed by atoms with Crippen molar-refractivity contribution >= 4 is 5.97 Å². The Morgan fingerprint density at radius 2 is 2.22 bits per heavy atom. The molecule has 2 nitrogen and oxygen atoms in total. The molecule has 2 heteroatoms. The van der Waals surface area contributed by atoms with E-state index in [1.54, 1.807) is 0 Å². The molecule has 2 atom stereocenters. The third kappa shape index (κ3) is 1.44. The highest BCUT2D eigenvalue weighted by atomic mass is 16.4. The number of carboxylic acids is 1. The second-order valence-electron chi connectivity index (χ2n) is 2.95. The van der Waals surface area contributed by atoms with Gasteiger partial charge in [0.25, 0.3) is 0 Å². The van der Waals surface area contributed by atoms with Crippen LogP contribution in [0, 0.1) is 11.8 Å². The lowest BCUT2D eigenvalue weighted by molar-refractivity contribution is -0.141. The van der Waals surface area contributed by atoms with E-state index in [-0.39, 0.29) is 5.92 Å². The van der Waals surface area contributed by atoms with Gasteiger partial charge in [-0.05, 0) is 25.2 Å². The van der Waals surface area contributed by atoms with Crippen molar-refractivity contribution in [1.29, 1.82) is 0 Å². The molecule has 0 saturated heterocycles. The summed E-state index contributed by atoms with van der Waals surface area (Å²) < 4.78 is 0.